The topological polar surface area (TPSA) is 22.0 Å². The number of fused-ring (bicyclic) bond motifs is 1. The summed E-state index contributed by atoms with van der Waals surface area (Å²) in [5.41, 5.74) is 4.73. The van der Waals surface area contributed by atoms with Crippen molar-refractivity contribution in [1.29, 1.82) is 0 Å². The number of hydrogen-bond acceptors (Lipinski definition) is 1. The molecule has 2 aromatic carbocycles. The fourth-order valence-electron chi connectivity index (χ4n) is 3.09. The van der Waals surface area contributed by atoms with Crippen LogP contribution in [0, 0.1) is 13.8 Å². The number of benzene rings is 2. The molecule has 0 spiro atoms. The van der Waals surface area contributed by atoms with Crippen LogP contribution >= 0.6 is 0 Å². The molecule has 1 heterocycles. The lowest BCUT2D eigenvalue weighted by atomic mass is 10.1. The fourth-order valence-corrected chi connectivity index (χ4v) is 3.09. The molecular formula is C20H21NO. The molecule has 0 N–H and O–H groups in total. The Labute approximate surface area is 131 Å². The zero-order valence-electron chi connectivity index (χ0n) is 13.2. The predicted molar refractivity (Wildman–Crippen MR) is 92.4 cm³/mol. The van der Waals surface area contributed by atoms with Crippen molar-refractivity contribution in [2.24, 2.45) is 0 Å². The number of rotatable bonds is 4. The highest BCUT2D eigenvalue weighted by Crippen LogP contribution is 2.20. The molecule has 0 saturated carbocycles. The molecular weight excluding hydrogens is 270 g/mol. The van der Waals surface area contributed by atoms with E-state index in [1.54, 1.807) is 6.07 Å². The van der Waals surface area contributed by atoms with Gasteiger partial charge in [0.1, 0.15) is 0 Å². The van der Waals surface area contributed by atoms with Crippen LogP contribution in [0.1, 0.15) is 23.1 Å². The van der Waals surface area contributed by atoms with E-state index in [0.717, 1.165) is 36.0 Å². The molecule has 0 aliphatic carbocycles. The van der Waals surface area contributed by atoms with Crippen LogP contribution < -0.4 is 5.56 Å². The van der Waals surface area contributed by atoms with Gasteiger partial charge in [-0.15, -0.1) is 0 Å². The number of pyridine rings is 1. The Morgan fingerprint density at radius 3 is 2.45 bits per heavy atom. The van der Waals surface area contributed by atoms with Crippen molar-refractivity contribution in [3.8, 4) is 0 Å². The second-order valence-electron chi connectivity index (χ2n) is 5.88. The quantitative estimate of drug-likeness (QED) is 0.704. The van der Waals surface area contributed by atoms with Gasteiger partial charge in [-0.2, -0.15) is 0 Å². The van der Waals surface area contributed by atoms with Crippen LogP contribution in [0.15, 0.2) is 59.4 Å². The minimum Gasteiger partial charge on any atom is -0.308 e. The Balaban J connectivity index is 1.92. The molecule has 0 atom stereocenters. The Morgan fingerprint density at radius 1 is 0.909 bits per heavy atom. The van der Waals surface area contributed by atoms with E-state index in [9.17, 15) is 4.79 Å². The van der Waals surface area contributed by atoms with Crippen LogP contribution in [0.25, 0.3) is 10.9 Å². The van der Waals surface area contributed by atoms with Gasteiger partial charge < -0.3 is 4.57 Å². The third kappa shape index (κ3) is 2.82. The van der Waals surface area contributed by atoms with Crippen molar-refractivity contribution < 1.29 is 0 Å². The lowest BCUT2D eigenvalue weighted by molar-refractivity contribution is 0.641. The van der Waals surface area contributed by atoms with E-state index < -0.39 is 0 Å². The average Bonchev–Trinajstić information content (AvgIpc) is 2.52. The fraction of sp³-hybridized carbons (Fsp3) is 0.250. The lowest BCUT2D eigenvalue weighted by Crippen LogP contribution is -2.21. The average molecular weight is 291 g/mol. The monoisotopic (exact) mass is 291 g/mol. The summed E-state index contributed by atoms with van der Waals surface area (Å²) in [5.74, 6) is 0. The van der Waals surface area contributed by atoms with E-state index in [-0.39, 0.29) is 5.56 Å². The molecule has 2 nitrogen and oxygen atoms in total. The van der Waals surface area contributed by atoms with E-state index in [1.807, 2.05) is 17.6 Å². The zero-order valence-corrected chi connectivity index (χ0v) is 13.2. The first-order valence-corrected chi connectivity index (χ1v) is 7.80. The van der Waals surface area contributed by atoms with Gasteiger partial charge in [0, 0.05) is 18.0 Å². The van der Waals surface area contributed by atoms with Crippen LogP contribution in [-0.4, -0.2) is 4.57 Å². The van der Waals surface area contributed by atoms with Crippen LogP contribution in [0.4, 0.5) is 0 Å². The van der Waals surface area contributed by atoms with Gasteiger partial charge in [-0.25, -0.2) is 0 Å². The normalized spacial score (nSPS) is 11.0. The molecule has 3 rings (SSSR count). The van der Waals surface area contributed by atoms with Gasteiger partial charge in [-0.3, -0.25) is 4.79 Å². The third-order valence-corrected chi connectivity index (χ3v) is 4.23. The van der Waals surface area contributed by atoms with E-state index in [1.165, 1.54) is 10.9 Å². The van der Waals surface area contributed by atoms with E-state index in [0.29, 0.717) is 0 Å². The molecule has 0 radical (unpaired) electrons. The van der Waals surface area contributed by atoms with E-state index in [4.69, 9.17) is 0 Å². The molecule has 0 aliphatic rings. The second-order valence-corrected chi connectivity index (χ2v) is 5.88. The highest BCUT2D eigenvalue weighted by Gasteiger charge is 2.08. The molecule has 112 valence electrons. The highest BCUT2D eigenvalue weighted by atomic mass is 16.1. The minimum atomic E-state index is 0.104. The largest absolute Gasteiger partial charge is 0.308 e. The summed E-state index contributed by atoms with van der Waals surface area (Å²) in [5, 5.41) is 1.18. The Hall–Kier alpha value is -2.35. The maximum Gasteiger partial charge on any atom is 0.251 e. The van der Waals surface area contributed by atoms with Gasteiger partial charge in [0.2, 0.25) is 0 Å². The maximum absolute atomic E-state index is 12.4. The minimum absolute atomic E-state index is 0.104. The zero-order chi connectivity index (χ0) is 15.5. The van der Waals surface area contributed by atoms with Gasteiger partial charge in [-0.05, 0) is 43.4 Å². The molecule has 0 saturated heterocycles. The first-order valence-electron chi connectivity index (χ1n) is 7.80. The molecule has 2 heteroatoms. The van der Waals surface area contributed by atoms with Crippen molar-refractivity contribution in [2.75, 3.05) is 0 Å². The number of nitrogens with zero attached hydrogens (tertiary/aromatic N) is 1. The second kappa shape index (κ2) is 6.18. The number of para-hydroxylation sites is 1. The number of aromatic nitrogens is 1. The molecule has 1 aromatic heterocycles. The summed E-state index contributed by atoms with van der Waals surface area (Å²) >= 11 is 0. The van der Waals surface area contributed by atoms with E-state index >= 15 is 0 Å². The maximum atomic E-state index is 12.4. The summed E-state index contributed by atoms with van der Waals surface area (Å²) in [4.78, 5) is 12.4. The molecule has 0 bridgehead atoms. The molecule has 0 amide bonds. The molecule has 3 aromatic rings. The summed E-state index contributed by atoms with van der Waals surface area (Å²) in [6.07, 6.45) is 1.96. The third-order valence-electron chi connectivity index (χ3n) is 4.23. The molecule has 0 aliphatic heterocycles. The Bertz CT molecular complexity index is 847. The predicted octanol–water partition coefficient (Wildman–Crippen LogP) is 4.25. The Kier molecular flexibility index (Phi) is 4.10. The summed E-state index contributed by atoms with van der Waals surface area (Å²) in [7, 11) is 0. The number of aryl methyl sites for hydroxylation is 4. The smallest absolute Gasteiger partial charge is 0.251 e. The lowest BCUT2D eigenvalue weighted by Gasteiger charge is -2.14. The van der Waals surface area contributed by atoms with Gasteiger partial charge in [-0.1, -0.05) is 48.5 Å². The molecule has 0 fully saturated rings. The van der Waals surface area contributed by atoms with Gasteiger partial charge in [0.25, 0.3) is 5.56 Å². The van der Waals surface area contributed by atoms with Crippen molar-refractivity contribution in [2.45, 2.75) is 33.2 Å². The summed E-state index contributed by atoms with van der Waals surface area (Å²) < 4.78 is 1.93. The van der Waals surface area contributed by atoms with Crippen LogP contribution in [0.2, 0.25) is 0 Å². The first-order chi connectivity index (χ1) is 10.7. The van der Waals surface area contributed by atoms with Gasteiger partial charge in [0.15, 0.2) is 0 Å². The summed E-state index contributed by atoms with van der Waals surface area (Å²) in [6, 6.07) is 18.4. The summed E-state index contributed by atoms with van der Waals surface area (Å²) in [6.45, 7) is 4.85. The van der Waals surface area contributed by atoms with E-state index in [2.05, 4.69) is 49.4 Å². The van der Waals surface area contributed by atoms with Gasteiger partial charge >= 0.3 is 0 Å². The van der Waals surface area contributed by atoms with Crippen molar-refractivity contribution in [1.82, 2.24) is 4.57 Å². The van der Waals surface area contributed by atoms with Crippen LogP contribution in [0.3, 0.4) is 0 Å². The van der Waals surface area contributed by atoms with Crippen LogP contribution in [-0.2, 0) is 13.0 Å². The van der Waals surface area contributed by atoms with Crippen LogP contribution in [0.5, 0.6) is 0 Å². The SMILES string of the molecule is Cc1cc(=O)n(CCCc2ccccc2)c2c(C)cccc12. The Morgan fingerprint density at radius 2 is 1.68 bits per heavy atom. The molecule has 22 heavy (non-hydrogen) atoms. The van der Waals surface area contributed by atoms with Crippen molar-refractivity contribution >= 4 is 10.9 Å². The number of hydrogen-bond donors (Lipinski definition) is 0. The van der Waals surface area contributed by atoms with Crippen molar-refractivity contribution in [3.05, 3.63) is 81.6 Å². The highest BCUT2D eigenvalue weighted by molar-refractivity contribution is 5.85. The van der Waals surface area contributed by atoms with Crippen molar-refractivity contribution in [3.63, 3.8) is 0 Å². The first kappa shape index (κ1) is 14.6. The molecule has 0 unspecified atom stereocenters. The standard InChI is InChI=1S/C20H21NO/c1-15-8-6-12-18-16(2)14-19(22)21(20(15)18)13-7-11-17-9-4-3-5-10-17/h3-6,8-10,12,14H,7,11,13H2,1-2H3. The van der Waals surface area contributed by atoms with Gasteiger partial charge in [0.05, 0.1) is 5.52 Å².